The van der Waals surface area contributed by atoms with Gasteiger partial charge in [0.25, 0.3) is 12.3 Å². The molecule has 10 nitrogen and oxygen atoms in total. The number of nitrogens with one attached hydrogen (secondary N) is 1. The Morgan fingerprint density at radius 2 is 1.57 bits per heavy atom. The largest absolute Gasteiger partial charge is 0.493 e. The van der Waals surface area contributed by atoms with Gasteiger partial charge in [-0.25, -0.2) is 28.3 Å². The van der Waals surface area contributed by atoms with Crippen molar-refractivity contribution in [3.8, 4) is 5.75 Å². The standard InChI is InChI=1S/C23H28F2N4O6/c1-22(2,3)34-20(31)29(21(32)35-23(4,5)6)18-16(33-7)11-13(12-26-18)27-19(30)15-10-8-9-14(28-15)17(24)25/h8-12,17H,1-7H3,(H,27,30). The number of carbonyl (C=O) groups excluding carboxylic acids is 3. The minimum Gasteiger partial charge on any atom is -0.493 e. The molecule has 0 aromatic carbocycles. The van der Waals surface area contributed by atoms with Crippen molar-refractivity contribution in [3.05, 3.63) is 41.9 Å². The van der Waals surface area contributed by atoms with E-state index in [1.54, 1.807) is 41.5 Å². The monoisotopic (exact) mass is 494 g/mol. The van der Waals surface area contributed by atoms with E-state index in [1.165, 1.54) is 25.3 Å². The lowest BCUT2D eigenvalue weighted by molar-refractivity contribution is 0.0427. The first-order valence-electron chi connectivity index (χ1n) is 10.5. The second kappa shape index (κ2) is 10.6. The average molecular weight is 494 g/mol. The number of halogens is 2. The number of amides is 3. The van der Waals surface area contributed by atoms with Crippen LogP contribution >= 0.6 is 0 Å². The van der Waals surface area contributed by atoms with Crippen LogP contribution < -0.4 is 15.0 Å². The molecule has 2 heterocycles. The van der Waals surface area contributed by atoms with Crippen molar-refractivity contribution in [2.75, 3.05) is 17.3 Å². The van der Waals surface area contributed by atoms with E-state index in [2.05, 4.69) is 15.3 Å². The number of anilines is 2. The first kappa shape index (κ1) is 27.4. The molecule has 0 saturated heterocycles. The van der Waals surface area contributed by atoms with Gasteiger partial charge in [0.05, 0.1) is 19.0 Å². The molecule has 0 aliphatic carbocycles. The lowest BCUT2D eigenvalue weighted by Gasteiger charge is -2.28. The van der Waals surface area contributed by atoms with E-state index in [0.29, 0.717) is 4.90 Å². The Morgan fingerprint density at radius 3 is 2.06 bits per heavy atom. The highest BCUT2D eigenvalue weighted by atomic mass is 19.3. The Morgan fingerprint density at radius 1 is 1.00 bits per heavy atom. The molecule has 2 aromatic rings. The molecule has 12 heteroatoms. The van der Waals surface area contributed by atoms with Gasteiger partial charge in [-0.3, -0.25) is 4.79 Å². The van der Waals surface area contributed by atoms with Crippen LogP contribution in [0.3, 0.4) is 0 Å². The van der Waals surface area contributed by atoms with Crippen molar-refractivity contribution in [3.63, 3.8) is 0 Å². The van der Waals surface area contributed by atoms with Gasteiger partial charge in [-0.1, -0.05) is 6.07 Å². The van der Waals surface area contributed by atoms with Crippen molar-refractivity contribution in [1.29, 1.82) is 0 Å². The summed E-state index contributed by atoms with van der Waals surface area (Å²) in [6.07, 6.45) is -3.80. The van der Waals surface area contributed by atoms with Crippen LogP contribution in [0.2, 0.25) is 0 Å². The van der Waals surface area contributed by atoms with Gasteiger partial charge in [-0.15, -0.1) is 0 Å². The minimum absolute atomic E-state index is 0.0752. The number of aromatic nitrogens is 2. The number of alkyl halides is 2. The first-order chi connectivity index (χ1) is 16.1. The third kappa shape index (κ3) is 7.87. The maximum atomic E-state index is 12.9. The van der Waals surface area contributed by atoms with Gasteiger partial charge in [0.15, 0.2) is 11.6 Å². The van der Waals surface area contributed by atoms with Crippen LogP contribution in [-0.2, 0) is 9.47 Å². The van der Waals surface area contributed by atoms with Crippen LogP contribution in [0.4, 0.5) is 29.9 Å². The summed E-state index contributed by atoms with van der Waals surface area (Å²) in [5.74, 6) is -1.10. The van der Waals surface area contributed by atoms with E-state index in [9.17, 15) is 23.2 Å². The molecule has 0 spiro atoms. The summed E-state index contributed by atoms with van der Waals surface area (Å²) >= 11 is 0. The normalized spacial score (nSPS) is 11.6. The highest BCUT2D eigenvalue weighted by Crippen LogP contribution is 2.31. The fourth-order valence-electron chi connectivity index (χ4n) is 2.58. The Balaban J connectivity index is 2.40. The van der Waals surface area contributed by atoms with E-state index in [1.807, 2.05) is 0 Å². The summed E-state index contributed by atoms with van der Waals surface area (Å²) in [4.78, 5) is 46.5. The van der Waals surface area contributed by atoms with E-state index in [-0.39, 0.29) is 22.9 Å². The number of ether oxygens (including phenoxy) is 3. The second-order valence-corrected chi connectivity index (χ2v) is 9.25. The Bertz CT molecular complexity index is 1070. The van der Waals surface area contributed by atoms with Crippen molar-refractivity contribution >= 4 is 29.6 Å². The Labute approximate surface area is 201 Å². The summed E-state index contributed by atoms with van der Waals surface area (Å²) in [5.41, 5.74) is -2.56. The fraction of sp³-hybridized carbons (Fsp3) is 0.435. The Hall–Kier alpha value is -3.83. The van der Waals surface area contributed by atoms with Gasteiger partial charge in [-0.2, -0.15) is 4.90 Å². The lowest BCUT2D eigenvalue weighted by atomic mass is 10.2. The summed E-state index contributed by atoms with van der Waals surface area (Å²) in [6, 6.07) is 4.94. The SMILES string of the molecule is COc1cc(NC(=O)c2cccc(C(F)F)n2)cnc1N(C(=O)OC(C)(C)C)C(=O)OC(C)(C)C. The highest BCUT2D eigenvalue weighted by molar-refractivity contribution is 6.10. The van der Waals surface area contributed by atoms with Gasteiger partial charge in [-0.05, 0) is 53.7 Å². The first-order valence-corrected chi connectivity index (χ1v) is 10.5. The molecule has 1 N–H and O–H groups in total. The predicted molar refractivity (Wildman–Crippen MR) is 123 cm³/mol. The number of imide groups is 1. The zero-order valence-corrected chi connectivity index (χ0v) is 20.5. The van der Waals surface area contributed by atoms with E-state index in [0.717, 1.165) is 12.3 Å². The van der Waals surface area contributed by atoms with Gasteiger partial charge >= 0.3 is 12.2 Å². The van der Waals surface area contributed by atoms with Crippen molar-refractivity contribution in [2.24, 2.45) is 0 Å². The molecule has 0 aliphatic rings. The molecule has 2 rings (SSSR count). The molecule has 0 fully saturated rings. The van der Waals surface area contributed by atoms with E-state index < -0.39 is 41.4 Å². The maximum absolute atomic E-state index is 12.9. The fourth-order valence-corrected chi connectivity index (χ4v) is 2.58. The molecule has 0 unspecified atom stereocenters. The number of nitrogens with zero attached hydrogens (tertiary/aromatic N) is 3. The van der Waals surface area contributed by atoms with Crippen molar-refractivity contribution in [1.82, 2.24) is 9.97 Å². The van der Waals surface area contributed by atoms with Crippen LogP contribution in [-0.4, -0.2) is 46.4 Å². The van der Waals surface area contributed by atoms with Crippen LogP contribution in [0.25, 0.3) is 0 Å². The topological polar surface area (TPSA) is 120 Å². The molecular weight excluding hydrogens is 466 g/mol. The van der Waals surface area contributed by atoms with E-state index in [4.69, 9.17) is 14.2 Å². The Kier molecular flexibility index (Phi) is 8.32. The molecule has 0 atom stereocenters. The van der Waals surface area contributed by atoms with Crippen LogP contribution in [0.1, 0.15) is 64.2 Å². The molecular formula is C23H28F2N4O6. The number of methoxy groups -OCH3 is 1. The number of carbonyl (C=O) groups is 3. The zero-order chi connectivity index (χ0) is 26.6. The molecule has 2 aromatic heterocycles. The van der Waals surface area contributed by atoms with Crippen molar-refractivity contribution < 1.29 is 37.4 Å². The smallest absolute Gasteiger partial charge is 0.425 e. The van der Waals surface area contributed by atoms with Gasteiger partial charge < -0.3 is 19.5 Å². The van der Waals surface area contributed by atoms with Gasteiger partial charge in [0.2, 0.25) is 0 Å². The third-order valence-corrected chi connectivity index (χ3v) is 3.90. The van der Waals surface area contributed by atoms with Gasteiger partial charge in [0.1, 0.15) is 22.6 Å². The zero-order valence-electron chi connectivity index (χ0n) is 20.5. The average Bonchev–Trinajstić information content (AvgIpc) is 2.72. The van der Waals surface area contributed by atoms with Crippen LogP contribution in [0.5, 0.6) is 5.75 Å². The summed E-state index contributed by atoms with van der Waals surface area (Å²) in [6.45, 7) is 9.74. The third-order valence-electron chi connectivity index (χ3n) is 3.90. The summed E-state index contributed by atoms with van der Waals surface area (Å²) < 4.78 is 41.7. The summed E-state index contributed by atoms with van der Waals surface area (Å²) in [5, 5.41) is 2.46. The molecule has 3 amide bonds. The summed E-state index contributed by atoms with van der Waals surface area (Å²) in [7, 11) is 1.27. The molecule has 0 saturated carbocycles. The quantitative estimate of drug-likeness (QED) is 0.591. The number of hydrogen-bond acceptors (Lipinski definition) is 8. The van der Waals surface area contributed by atoms with Crippen molar-refractivity contribution in [2.45, 2.75) is 59.2 Å². The second-order valence-electron chi connectivity index (χ2n) is 9.25. The minimum atomic E-state index is -2.84. The highest BCUT2D eigenvalue weighted by Gasteiger charge is 2.35. The number of pyridine rings is 2. The number of rotatable bonds is 5. The maximum Gasteiger partial charge on any atom is 0.425 e. The molecule has 0 radical (unpaired) electrons. The van der Waals surface area contributed by atoms with Crippen LogP contribution in [0.15, 0.2) is 30.5 Å². The van der Waals surface area contributed by atoms with Crippen LogP contribution in [0, 0.1) is 0 Å². The lowest BCUT2D eigenvalue weighted by Crippen LogP contribution is -2.44. The predicted octanol–water partition coefficient (Wildman–Crippen LogP) is 5.35. The molecule has 35 heavy (non-hydrogen) atoms. The van der Waals surface area contributed by atoms with Gasteiger partial charge in [0, 0.05) is 6.07 Å². The molecule has 190 valence electrons. The van der Waals surface area contributed by atoms with E-state index >= 15 is 0 Å². The number of hydrogen-bond donors (Lipinski definition) is 1. The molecule has 0 aliphatic heterocycles. The molecule has 0 bridgehead atoms.